The van der Waals surface area contributed by atoms with Crippen molar-refractivity contribution >= 4 is 22.3 Å². The van der Waals surface area contributed by atoms with Crippen molar-refractivity contribution in [1.82, 2.24) is 4.98 Å². The van der Waals surface area contributed by atoms with Gasteiger partial charge < -0.3 is 10.1 Å². The Hall–Kier alpha value is -2.21. The van der Waals surface area contributed by atoms with Gasteiger partial charge in [-0.2, -0.15) is 0 Å². The lowest BCUT2D eigenvalue weighted by Crippen LogP contribution is -2.10. The van der Waals surface area contributed by atoms with Gasteiger partial charge >= 0.3 is 0 Å². The van der Waals surface area contributed by atoms with Crippen molar-refractivity contribution < 1.29 is 9.66 Å². The summed E-state index contributed by atoms with van der Waals surface area (Å²) in [6.07, 6.45) is 0. The average molecular weight is 275 g/mol. The van der Waals surface area contributed by atoms with Gasteiger partial charge in [-0.3, -0.25) is 10.1 Å². The number of rotatable bonds is 6. The van der Waals surface area contributed by atoms with Gasteiger partial charge in [-0.05, 0) is 19.9 Å². The number of nitrogens with one attached hydrogen (secondary N) is 1. The Morgan fingerprint density at radius 2 is 2.25 bits per heavy atom. The molecule has 0 aliphatic heterocycles. The summed E-state index contributed by atoms with van der Waals surface area (Å²) in [7, 11) is 0. The molecule has 6 nitrogen and oxygen atoms in total. The minimum absolute atomic E-state index is 0.0269. The van der Waals surface area contributed by atoms with Crippen LogP contribution in [0.3, 0.4) is 0 Å². The number of nitrogens with zero attached hydrogens (tertiary/aromatic N) is 2. The lowest BCUT2D eigenvalue weighted by Gasteiger charge is -2.10. The van der Waals surface area contributed by atoms with Crippen LogP contribution < -0.4 is 5.32 Å². The Bertz CT molecular complexity index is 628. The van der Waals surface area contributed by atoms with Crippen LogP contribution in [0.1, 0.15) is 12.6 Å². The smallest absolute Gasteiger partial charge is 0.295 e. The highest BCUT2D eigenvalue weighted by Crippen LogP contribution is 2.29. The maximum Gasteiger partial charge on any atom is 0.295 e. The fourth-order valence-electron chi connectivity index (χ4n) is 2.06. The summed E-state index contributed by atoms with van der Waals surface area (Å²) < 4.78 is 5.27. The van der Waals surface area contributed by atoms with Crippen LogP contribution in [-0.2, 0) is 4.74 Å². The molecular weight excluding hydrogens is 258 g/mol. The molecule has 1 aromatic heterocycles. The van der Waals surface area contributed by atoms with Gasteiger partial charge in [0.2, 0.25) is 0 Å². The van der Waals surface area contributed by atoms with E-state index in [2.05, 4.69) is 10.3 Å². The minimum atomic E-state index is -0.404. The van der Waals surface area contributed by atoms with Gasteiger partial charge in [0.15, 0.2) is 5.52 Å². The summed E-state index contributed by atoms with van der Waals surface area (Å²) in [5.74, 6) is 0. The summed E-state index contributed by atoms with van der Waals surface area (Å²) in [5.41, 5.74) is 2.03. The Morgan fingerprint density at radius 3 is 2.95 bits per heavy atom. The van der Waals surface area contributed by atoms with E-state index in [0.717, 1.165) is 16.8 Å². The number of nitro groups is 1. The number of hydrogen-bond donors (Lipinski definition) is 1. The molecule has 2 rings (SSSR count). The first kappa shape index (κ1) is 14.2. The molecule has 0 aliphatic carbocycles. The molecule has 0 saturated carbocycles. The van der Waals surface area contributed by atoms with E-state index in [1.165, 1.54) is 6.07 Å². The molecule has 0 aliphatic rings. The van der Waals surface area contributed by atoms with Crippen LogP contribution in [0, 0.1) is 17.0 Å². The number of aryl methyl sites for hydroxylation is 1. The molecule has 1 aromatic carbocycles. The average Bonchev–Trinajstić information content (AvgIpc) is 2.42. The summed E-state index contributed by atoms with van der Waals surface area (Å²) in [6, 6.07) is 6.86. The second-order valence-electron chi connectivity index (χ2n) is 4.37. The van der Waals surface area contributed by atoms with Crippen molar-refractivity contribution in [2.24, 2.45) is 0 Å². The standard InChI is InChI=1S/C14H17N3O3/c1-3-20-8-7-15-12-9-10(2)16-14-11(12)5-4-6-13(14)17(18)19/h4-6,9H,3,7-8H2,1-2H3,(H,15,16). The predicted molar refractivity (Wildman–Crippen MR) is 78.1 cm³/mol. The summed E-state index contributed by atoms with van der Waals surface area (Å²) in [4.78, 5) is 14.9. The maximum absolute atomic E-state index is 11.1. The van der Waals surface area contributed by atoms with Gasteiger partial charge in [0.1, 0.15) is 0 Å². The summed E-state index contributed by atoms with van der Waals surface area (Å²) in [6.45, 7) is 5.67. The van der Waals surface area contributed by atoms with Gasteiger partial charge in [-0.25, -0.2) is 4.98 Å². The predicted octanol–water partition coefficient (Wildman–Crippen LogP) is 2.90. The lowest BCUT2D eigenvalue weighted by atomic mass is 10.1. The molecule has 0 radical (unpaired) electrons. The zero-order valence-electron chi connectivity index (χ0n) is 11.5. The fraction of sp³-hybridized carbons (Fsp3) is 0.357. The van der Waals surface area contributed by atoms with Gasteiger partial charge in [-0.1, -0.05) is 12.1 Å². The first-order chi connectivity index (χ1) is 9.63. The van der Waals surface area contributed by atoms with Crippen LogP contribution in [-0.4, -0.2) is 29.7 Å². The monoisotopic (exact) mass is 275 g/mol. The molecule has 106 valence electrons. The number of para-hydroxylation sites is 1. The molecule has 6 heteroatoms. The lowest BCUT2D eigenvalue weighted by molar-refractivity contribution is -0.383. The van der Waals surface area contributed by atoms with Crippen LogP contribution in [0.5, 0.6) is 0 Å². The highest BCUT2D eigenvalue weighted by molar-refractivity contribution is 5.96. The van der Waals surface area contributed by atoms with E-state index >= 15 is 0 Å². The number of benzene rings is 1. The minimum Gasteiger partial charge on any atom is -0.382 e. The molecule has 0 atom stereocenters. The van der Waals surface area contributed by atoms with E-state index in [0.29, 0.717) is 25.3 Å². The maximum atomic E-state index is 11.1. The number of hydrogen-bond acceptors (Lipinski definition) is 5. The third-order valence-corrected chi connectivity index (χ3v) is 2.91. The molecule has 0 amide bonds. The van der Waals surface area contributed by atoms with Crippen molar-refractivity contribution in [3.8, 4) is 0 Å². The summed E-state index contributed by atoms with van der Waals surface area (Å²) in [5, 5.41) is 15.1. The third kappa shape index (κ3) is 3.03. The van der Waals surface area contributed by atoms with E-state index in [-0.39, 0.29) is 5.69 Å². The molecule has 1 heterocycles. The van der Waals surface area contributed by atoms with E-state index in [4.69, 9.17) is 4.74 Å². The number of fused-ring (bicyclic) bond motifs is 1. The van der Waals surface area contributed by atoms with Crippen molar-refractivity contribution in [2.45, 2.75) is 13.8 Å². The van der Waals surface area contributed by atoms with E-state index in [1.807, 2.05) is 26.0 Å². The van der Waals surface area contributed by atoms with E-state index in [9.17, 15) is 10.1 Å². The van der Waals surface area contributed by atoms with E-state index in [1.54, 1.807) is 6.07 Å². The van der Waals surface area contributed by atoms with Crippen molar-refractivity contribution in [1.29, 1.82) is 0 Å². The van der Waals surface area contributed by atoms with Crippen LogP contribution in [0.2, 0.25) is 0 Å². The SMILES string of the molecule is CCOCCNc1cc(C)nc2c([N+](=O)[O-])cccc12. The Kier molecular flexibility index (Phi) is 4.47. The van der Waals surface area contributed by atoms with Crippen LogP contribution in [0.15, 0.2) is 24.3 Å². The first-order valence-corrected chi connectivity index (χ1v) is 6.50. The number of ether oxygens (including phenoxy) is 1. The highest BCUT2D eigenvalue weighted by atomic mass is 16.6. The van der Waals surface area contributed by atoms with Crippen LogP contribution in [0.25, 0.3) is 10.9 Å². The Balaban J connectivity index is 2.39. The van der Waals surface area contributed by atoms with Gasteiger partial charge in [0, 0.05) is 36.0 Å². The molecule has 20 heavy (non-hydrogen) atoms. The molecule has 0 unspecified atom stereocenters. The number of aromatic nitrogens is 1. The van der Waals surface area contributed by atoms with E-state index < -0.39 is 4.92 Å². The first-order valence-electron chi connectivity index (χ1n) is 6.50. The molecule has 2 aromatic rings. The molecule has 0 bridgehead atoms. The van der Waals surface area contributed by atoms with Gasteiger partial charge in [0.25, 0.3) is 5.69 Å². The number of nitro benzene ring substituents is 1. The van der Waals surface area contributed by atoms with Gasteiger partial charge in [0.05, 0.1) is 11.5 Å². The molecule has 0 saturated heterocycles. The number of pyridine rings is 1. The second kappa shape index (κ2) is 6.29. The highest BCUT2D eigenvalue weighted by Gasteiger charge is 2.15. The van der Waals surface area contributed by atoms with Crippen LogP contribution in [0.4, 0.5) is 11.4 Å². The van der Waals surface area contributed by atoms with Crippen molar-refractivity contribution in [3.05, 3.63) is 40.1 Å². The largest absolute Gasteiger partial charge is 0.382 e. The summed E-state index contributed by atoms with van der Waals surface area (Å²) >= 11 is 0. The molecular formula is C14H17N3O3. The van der Waals surface area contributed by atoms with Crippen molar-refractivity contribution in [3.63, 3.8) is 0 Å². The number of anilines is 1. The second-order valence-corrected chi connectivity index (χ2v) is 4.37. The topological polar surface area (TPSA) is 77.3 Å². The normalized spacial score (nSPS) is 10.7. The third-order valence-electron chi connectivity index (χ3n) is 2.91. The molecule has 1 N–H and O–H groups in total. The van der Waals surface area contributed by atoms with Crippen molar-refractivity contribution in [2.75, 3.05) is 25.1 Å². The van der Waals surface area contributed by atoms with Gasteiger partial charge in [-0.15, -0.1) is 0 Å². The van der Waals surface area contributed by atoms with Crippen LogP contribution >= 0.6 is 0 Å². The fourth-order valence-corrected chi connectivity index (χ4v) is 2.06. The zero-order valence-corrected chi connectivity index (χ0v) is 11.5. The molecule has 0 spiro atoms. The Labute approximate surface area is 116 Å². The Morgan fingerprint density at radius 1 is 1.45 bits per heavy atom. The zero-order chi connectivity index (χ0) is 14.5. The quantitative estimate of drug-likeness (QED) is 0.498. The number of non-ortho nitro benzene ring substituents is 1. The molecule has 0 fully saturated rings.